The van der Waals surface area contributed by atoms with Crippen LogP contribution in [0, 0.1) is 5.92 Å². The van der Waals surface area contributed by atoms with Gasteiger partial charge in [-0.3, -0.25) is 4.79 Å². The van der Waals surface area contributed by atoms with Crippen LogP contribution in [0.1, 0.15) is 27.2 Å². The Balaban J connectivity index is 3.20. The molecule has 0 aromatic carbocycles. The molecule has 0 radical (unpaired) electrons. The molecule has 0 aromatic rings. The van der Waals surface area contributed by atoms with Gasteiger partial charge in [-0.05, 0) is 20.8 Å². The molecule has 0 fully saturated rings. The number of ether oxygens (including phenoxy) is 4. The SMILES string of the molecule is CCOC(=O)C1=NN(C(=O)OC)[C@@H](OCC)C[C@@H]1C(=O)OCC. The number of nitrogens with zero attached hydrogens (tertiary/aromatic N) is 2. The molecule has 1 rings (SSSR count). The summed E-state index contributed by atoms with van der Waals surface area (Å²) < 4.78 is 19.9. The average molecular weight is 330 g/mol. The van der Waals surface area contributed by atoms with Crippen LogP contribution in [0.15, 0.2) is 5.10 Å². The maximum absolute atomic E-state index is 12.1. The van der Waals surface area contributed by atoms with Gasteiger partial charge in [0.1, 0.15) is 5.92 Å². The summed E-state index contributed by atoms with van der Waals surface area (Å²) in [6, 6.07) is 0. The Morgan fingerprint density at radius 3 is 2.30 bits per heavy atom. The molecule has 1 amide bonds. The minimum absolute atomic E-state index is 0.0272. The van der Waals surface area contributed by atoms with Gasteiger partial charge in [0.25, 0.3) is 0 Å². The number of rotatable bonds is 6. The summed E-state index contributed by atoms with van der Waals surface area (Å²) in [5.74, 6) is -2.37. The predicted molar refractivity (Wildman–Crippen MR) is 78.5 cm³/mol. The normalized spacial score (nSPS) is 20.5. The minimum atomic E-state index is -0.966. The molecule has 0 N–H and O–H groups in total. The monoisotopic (exact) mass is 330 g/mol. The standard InChI is InChI=1S/C14H22N2O7/c1-5-21-10-8-9(12(17)22-6-2)11(13(18)23-7-3)15-16(10)14(19)20-4/h9-10H,5-8H2,1-4H3/t9-,10-/m0/s1. The van der Waals surface area contributed by atoms with E-state index >= 15 is 0 Å². The summed E-state index contributed by atoms with van der Waals surface area (Å²) in [4.78, 5) is 36.0. The molecule has 2 atom stereocenters. The first-order valence-electron chi connectivity index (χ1n) is 7.41. The molecular formula is C14H22N2O7. The van der Waals surface area contributed by atoms with Gasteiger partial charge in [-0.25, -0.2) is 9.59 Å². The molecule has 1 heterocycles. The number of carbonyl (C=O) groups excluding carboxylic acids is 3. The van der Waals surface area contributed by atoms with Crippen LogP contribution in [0.3, 0.4) is 0 Å². The van der Waals surface area contributed by atoms with Crippen molar-refractivity contribution < 1.29 is 33.3 Å². The van der Waals surface area contributed by atoms with Gasteiger partial charge in [0.15, 0.2) is 11.9 Å². The van der Waals surface area contributed by atoms with Crippen molar-refractivity contribution in [1.82, 2.24) is 5.01 Å². The quantitative estimate of drug-likeness (QED) is 0.527. The van der Waals surface area contributed by atoms with Crippen LogP contribution < -0.4 is 0 Å². The van der Waals surface area contributed by atoms with E-state index in [0.29, 0.717) is 0 Å². The zero-order valence-corrected chi connectivity index (χ0v) is 13.7. The molecule has 23 heavy (non-hydrogen) atoms. The Kier molecular flexibility index (Phi) is 7.46. The molecule has 0 spiro atoms. The first kappa shape index (κ1) is 18.9. The fourth-order valence-corrected chi connectivity index (χ4v) is 2.09. The molecule has 1 aliphatic rings. The molecule has 0 bridgehead atoms. The minimum Gasteiger partial charge on any atom is -0.465 e. The molecule has 0 saturated heterocycles. The molecule has 0 aromatic heterocycles. The number of hydrazone groups is 1. The van der Waals surface area contributed by atoms with E-state index in [1.165, 1.54) is 7.11 Å². The highest BCUT2D eigenvalue weighted by Crippen LogP contribution is 2.25. The van der Waals surface area contributed by atoms with E-state index in [0.717, 1.165) is 5.01 Å². The number of methoxy groups -OCH3 is 1. The third kappa shape index (κ3) is 4.65. The summed E-state index contributed by atoms with van der Waals surface area (Å²) >= 11 is 0. The molecular weight excluding hydrogens is 308 g/mol. The van der Waals surface area contributed by atoms with Crippen molar-refractivity contribution in [2.75, 3.05) is 26.9 Å². The van der Waals surface area contributed by atoms with Crippen LogP contribution >= 0.6 is 0 Å². The van der Waals surface area contributed by atoms with Crippen LogP contribution in [0.25, 0.3) is 0 Å². The van der Waals surface area contributed by atoms with Crippen molar-refractivity contribution in [1.29, 1.82) is 0 Å². The van der Waals surface area contributed by atoms with Gasteiger partial charge in [0.2, 0.25) is 0 Å². The molecule has 0 unspecified atom stereocenters. The van der Waals surface area contributed by atoms with E-state index in [9.17, 15) is 14.4 Å². The maximum atomic E-state index is 12.1. The van der Waals surface area contributed by atoms with Gasteiger partial charge in [-0.1, -0.05) is 0 Å². The van der Waals surface area contributed by atoms with Crippen molar-refractivity contribution in [3.8, 4) is 0 Å². The Morgan fingerprint density at radius 1 is 1.13 bits per heavy atom. The third-order valence-corrected chi connectivity index (χ3v) is 3.03. The van der Waals surface area contributed by atoms with Crippen molar-refractivity contribution >= 4 is 23.7 Å². The molecule has 1 aliphatic heterocycles. The van der Waals surface area contributed by atoms with Gasteiger partial charge in [0, 0.05) is 13.0 Å². The van der Waals surface area contributed by atoms with E-state index in [4.69, 9.17) is 14.2 Å². The lowest BCUT2D eigenvalue weighted by Crippen LogP contribution is -2.49. The highest BCUT2D eigenvalue weighted by atomic mass is 16.6. The second kappa shape index (κ2) is 9.09. The van der Waals surface area contributed by atoms with E-state index in [2.05, 4.69) is 9.84 Å². The van der Waals surface area contributed by atoms with E-state index in [1.54, 1.807) is 20.8 Å². The zero-order chi connectivity index (χ0) is 17.4. The largest absolute Gasteiger partial charge is 0.465 e. The Morgan fingerprint density at radius 2 is 1.78 bits per heavy atom. The lowest BCUT2D eigenvalue weighted by molar-refractivity contribution is -0.151. The third-order valence-electron chi connectivity index (χ3n) is 3.03. The second-order valence-corrected chi connectivity index (χ2v) is 4.47. The fraction of sp³-hybridized carbons (Fsp3) is 0.714. The number of carbonyl (C=O) groups is 3. The topological polar surface area (TPSA) is 104 Å². The van der Waals surface area contributed by atoms with Crippen molar-refractivity contribution in [2.45, 2.75) is 33.4 Å². The Hall–Kier alpha value is -2.16. The first-order chi connectivity index (χ1) is 11.0. The van der Waals surface area contributed by atoms with E-state index in [-0.39, 0.29) is 32.0 Å². The smallest absolute Gasteiger partial charge is 0.432 e. The van der Waals surface area contributed by atoms with E-state index in [1.807, 2.05) is 0 Å². The van der Waals surface area contributed by atoms with Gasteiger partial charge in [0.05, 0.1) is 20.3 Å². The van der Waals surface area contributed by atoms with Crippen LogP contribution in [-0.4, -0.2) is 61.9 Å². The summed E-state index contributed by atoms with van der Waals surface area (Å²) in [6.07, 6.45) is -1.60. The van der Waals surface area contributed by atoms with Gasteiger partial charge < -0.3 is 18.9 Å². The molecule has 0 aliphatic carbocycles. The Bertz CT molecular complexity index is 478. The fourth-order valence-electron chi connectivity index (χ4n) is 2.09. The lowest BCUT2D eigenvalue weighted by atomic mass is 9.96. The summed E-state index contributed by atoms with van der Waals surface area (Å²) in [5, 5.41) is 4.83. The summed E-state index contributed by atoms with van der Waals surface area (Å²) in [5.41, 5.74) is -0.202. The highest BCUT2D eigenvalue weighted by molar-refractivity contribution is 6.40. The van der Waals surface area contributed by atoms with Crippen LogP contribution in [-0.2, 0) is 28.5 Å². The Labute approximate surface area is 134 Å². The number of hydrogen-bond donors (Lipinski definition) is 0. The predicted octanol–water partition coefficient (Wildman–Crippen LogP) is 0.919. The molecule has 9 heteroatoms. The lowest BCUT2D eigenvalue weighted by Gasteiger charge is -2.33. The van der Waals surface area contributed by atoms with Crippen LogP contribution in [0.5, 0.6) is 0 Å². The summed E-state index contributed by atoms with van der Waals surface area (Å²) in [7, 11) is 1.18. The summed E-state index contributed by atoms with van der Waals surface area (Å²) in [6.45, 7) is 5.58. The van der Waals surface area contributed by atoms with Gasteiger partial charge in [-0.15, -0.1) is 0 Å². The highest BCUT2D eigenvalue weighted by Gasteiger charge is 2.42. The molecule has 9 nitrogen and oxygen atoms in total. The van der Waals surface area contributed by atoms with Crippen molar-refractivity contribution in [3.63, 3.8) is 0 Å². The van der Waals surface area contributed by atoms with Crippen molar-refractivity contribution in [2.24, 2.45) is 11.0 Å². The average Bonchev–Trinajstić information content (AvgIpc) is 2.54. The van der Waals surface area contributed by atoms with Crippen LogP contribution in [0.4, 0.5) is 4.79 Å². The van der Waals surface area contributed by atoms with Gasteiger partial charge in [-0.2, -0.15) is 10.1 Å². The molecule has 0 saturated carbocycles. The van der Waals surface area contributed by atoms with Gasteiger partial charge >= 0.3 is 18.0 Å². The maximum Gasteiger partial charge on any atom is 0.432 e. The number of esters is 2. The molecule has 130 valence electrons. The number of amides is 1. The number of hydrogen-bond acceptors (Lipinski definition) is 8. The first-order valence-corrected chi connectivity index (χ1v) is 7.41. The zero-order valence-electron chi connectivity index (χ0n) is 13.7. The van der Waals surface area contributed by atoms with Crippen LogP contribution in [0.2, 0.25) is 0 Å². The van der Waals surface area contributed by atoms with E-state index < -0.39 is 30.2 Å². The second-order valence-electron chi connectivity index (χ2n) is 4.47. The van der Waals surface area contributed by atoms with Crippen molar-refractivity contribution in [3.05, 3.63) is 0 Å².